The molecule has 3 amide bonds. The number of rotatable bonds is 4. The second-order valence-electron chi connectivity index (χ2n) is 5.93. The number of benzene rings is 1. The summed E-state index contributed by atoms with van der Waals surface area (Å²) in [4.78, 5) is 25.5. The number of urea groups is 1. The lowest BCUT2D eigenvalue weighted by molar-refractivity contribution is -0.133. The van der Waals surface area contributed by atoms with Gasteiger partial charge >= 0.3 is 6.03 Å². The zero-order valence-corrected chi connectivity index (χ0v) is 14.4. The molecule has 1 aliphatic heterocycles. The highest BCUT2D eigenvalue weighted by Gasteiger charge is 2.25. The average molecular weight is 359 g/mol. The molecule has 1 aromatic rings. The van der Waals surface area contributed by atoms with E-state index in [1.807, 2.05) is 0 Å². The van der Waals surface area contributed by atoms with Crippen LogP contribution in [-0.2, 0) is 4.79 Å². The number of nitrogens with one attached hydrogen (secondary N) is 2. The van der Waals surface area contributed by atoms with Crippen LogP contribution in [0.2, 0.25) is 0 Å². The van der Waals surface area contributed by atoms with Gasteiger partial charge in [0.15, 0.2) is 0 Å². The van der Waals surface area contributed by atoms with Crippen molar-refractivity contribution >= 4 is 30.0 Å². The van der Waals surface area contributed by atoms with E-state index in [1.165, 1.54) is 18.2 Å². The highest BCUT2D eigenvalue weighted by Crippen LogP contribution is 2.16. The maximum Gasteiger partial charge on any atom is 0.319 e. The van der Waals surface area contributed by atoms with Crippen molar-refractivity contribution in [2.24, 2.45) is 11.7 Å². The molecule has 4 N–H and O–H groups in total. The first kappa shape index (κ1) is 20.2. The Balaban J connectivity index is 0.00000288. The molecule has 134 valence electrons. The van der Waals surface area contributed by atoms with E-state index in [0.29, 0.717) is 25.3 Å². The smallest absolute Gasteiger partial charge is 0.319 e. The molecule has 1 heterocycles. The molecule has 1 unspecified atom stereocenters. The van der Waals surface area contributed by atoms with Gasteiger partial charge in [-0.05, 0) is 43.9 Å². The number of carbonyl (C=O) groups excluding carboxylic acids is 2. The summed E-state index contributed by atoms with van der Waals surface area (Å²) in [6.45, 7) is 3.45. The molecule has 0 aliphatic carbocycles. The minimum Gasteiger partial charge on any atom is -0.341 e. The molecule has 1 fully saturated rings. The van der Waals surface area contributed by atoms with Gasteiger partial charge in [0, 0.05) is 25.3 Å². The van der Waals surface area contributed by atoms with Crippen molar-refractivity contribution in [3.05, 3.63) is 30.1 Å². The van der Waals surface area contributed by atoms with E-state index >= 15 is 0 Å². The van der Waals surface area contributed by atoms with E-state index in [4.69, 9.17) is 5.73 Å². The summed E-state index contributed by atoms with van der Waals surface area (Å²) < 4.78 is 13.1. The number of hydrogen-bond donors (Lipinski definition) is 3. The summed E-state index contributed by atoms with van der Waals surface area (Å²) in [6, 6.07) is 4.83. The fourth-order valence-electron chi connectivity index (χ4n) is 2.70. The van der Waals surface area contributed by atoms with Crippen LogP contribution in [0.4, 0.5) is 14.9 Å². The molecular formula is C16H24ClFN4O2. The molecule has 0 spiro atoms. The fraction of sp³-hybridized carbons (Fsp3) is 0.500. The van der Waals surface area contributed by atoms with Crippen molar-refractivity contribution in [1.29, 1.82) is 0 Å². The molecule has 1 aromatic carbocycles. The summed E-state index contributed by atoms with van der Waals surface area (Å²) in [5, 5.41) is 5.35. The van der Waals surface area contributed by atoms with E-state index in [0.717, 1.165) is 12.8 Å². The number of nitrogens with two attached hydrogens (primary N) is 1. The molecule has 1 aliphatic rings. The van der Waals surface area contributed by atoms with Crippen molar-refractivity contribution in [2.45, 2.75) is 25.8 Å². The first-order valence-electron chi connectivity index (χ1n) is 7.80. The largest absolute Gasteiger partial charge is 0.341 e. The Morgan fingerprint density at radius 3 is 2.88 bits per heavy atom. The van der Waals surface area contributed by atoms with Gasteiger partial charge in [0.05, 0.1) is 6.04 Å². The van der Waals surface area contributed by atoms with Crippen LogP contribution in [0.1, 0.15) is 19.8 Å². The van der Waals surface area contributed by atoms with Crippen LogP contribution in [0, 0.1) is 11.7 Å². The van der Waals surface area contributed by atoms with Gasteiger partial charge in [-0.25, -0.2) is 9.18 Å². The minimum absolute atomic E-state index is 0. The molecule has 0 aromatic heterocycles. The standard InChI is InChI=1S/C16H23FN4O2.ClH/c1-11(18)15(22)21-7-3-4-12(10-21)9-19-16(23)20-14-6-2-5-13(17)8-14;/h2,5-6,8,11-12H,3-4,7,9-10,18H2,1H3,(H2,19,20,23);1H/t11-,12?;/m0./s1. The van der Waals surface area contributed by atoms with E-state index < -0.39 is 11.9 Å². The topological polar surface area (TPSA) is 87.5 Å². The molecule has 0 bridgehead atoms. The van der Waals surface area contributed by atoms with Gasteiger partial charge in [-0.3, -0.25) is 4.79 Å². The number of halogens is 2. The third-order valence-electron chi connectivity index (χ3n) is 3.85. The van der Waals surface area contributed by atoms with Gasteiger partial charge in [-0.15, -0.1) is 12.4 Å². The zero-order valence-electron chi connectivity index (χ0n) is 13.6. The van der Waals surface area contributed by atoms with Crippen LogP contribution >= 0.6 is 12.4 Å². The first-order chi connectivity index (χ1) is 11.0. The van der Waals surface area contributed by atoms with Crippen molar-refractivity contribution in [2.75, 3.05) is 25.0 Å². The monoisotopic (exact) mass is 358 g/mol. The van der Waals surface area contributed by atoms with Crippen LogP contribution in [0.3, 0.4) is 0 Å². The number of amides is 3. The second-order valence-corrected chi connectivity index (χ2v) is 5.93. The van der Waals surface area contributed by atoms with Crippen molar-refractivity contribution in [1.82, 2.24) is 10.2 Å². The number of carbonyl (C=O) groups is 2. The van der Waals surface area contributed by atoms with Gasteiger partial charge in [-0.2, -0.15) is 0 Å². The molecule has 8 heteroatoms. The Kier molecular flexibility index (Phi) is 7.94. The maximum absolute atomic E-state index is 13.1. The lowest BCUT2D eigenvalue weighted by Crippen LogP contribution is -2.49. The summed E-state index contributed by atoms with van der Waals surface area (Å²) in [7, 11) is 0. The predicted molar refractivity (Wildman–Crippen MR) is 93.6 cm³/mol. The average Bonchev–Trinajstić information content (AvgIpc) is 2.52. The third-order valence-corrected chi connectivity index (χ3v) is 3.85. The quantitative estimate of drug-likeness (QED) is 0.768. The van der Waals surface area contributed by atoms with Crippen LogP contribution in [-0.4, -0.2) is 42.5 Å². The Morgan fingerprint density at radius 2 is 2.21 bits per heavy atom. The van der Waals surface area contributed by atoms with Gasteiger partial charge in [0.25, 0.3) is 0 Å². The maximum atomic E-state index is 13.1. The summed E-state index contributed by atoms with van der Waals surface area (Å²) in [5.74, 6) is -0.260. The normalized spacial score (nSPS) is 18.3. The van der Waals surface area contributed by atoms with E-state index in [9.17, 15) is 14.0 Å². The molecule has 0 saturated carbocycles. The minimum atomic E-state index is -0.502. The lowest BCUT2D eigenvalue weighted by atomic mass is 9.97. The van der Waals surface area contributed by atoms with Crippen molar-refractivity contribution in [3.8, 4) is 0 Å². The van der Waals surface area contributed by atoms with E-state index in [2.05, 4.69) is 10.6 Å². The number of nitrogens with zero attached hydrogens (tertiary/aromatic N) is 1. The fourth-order valence-corrected chi connectivity index (χ4v) is 2.70. The van der Waals surface area contributed by atoms with Crippen LogP contribution in [0.15, 0.2) is 24.3 Å². The molecule has 2 rings (SSSR count). The highest BCUT2D eigenvalue weighted by molar-refractivity contribution is 5.89. The number of piperidine rings is 1. The van der Waals surface area contributed by atoms with Gasteiger partial charge < -0.3 is 21.3 Å². The molecule has 2 atom stereocenters. The SMILES string of the molecule is C[C@H](N)C(=O)N1CCCC(CNC(=O)Nc2cccc(F)c2)C1.Cl. The third kappa shape index (κ3) is 5.98. The molecule has 1 saturated heterocycles. The van der Waals surface area contributed by atoms with Gasteiger partial charge in [-0.1, -0.05) is 6.07 Å². The van der Waals surface area contributed by atoms with E-state index in [1.54, 1.807) is 17.9 Å². The van der Waals surface area contributed by atoms with E-state index in [-0.39, 0.29) is 30.3 Å². The molecular weight excluding hydrogens is 335 g/mol. The van der Waals surface area contributed by atoms with Crippen LogP contribution in [0.5, 0.6) is 0 Å². The number of anilines is 1. The molecule has 6 nitrogen and oxygen atoms in total. The predicted octanol–water partition coefficient (Wildman–Crippen LogP) is 1.95. The van der Waals surface area contributed by atoms with Gasteiger partial charge in [0.1, 0.15) is 5.82 Å². The Morgan fingerprint density at radius 1 is 1.46 bits per heavy atom. The molecule has 0 radical (unpaired) electrons. The van der Waals surface area contributed by atoms with Crippen molar-refractivity contribution < 1.29 is 14.0 Å². The Labute approximate surface area is 147 Å². The van der Waals surface area contributed by atoms with Crippen LogP contribution < -0.4 is 16.4 Å². The second kappa shape index (κ2) is 9.44. The highest BCUT2D eigenvalue weighted by atomic mass is 35.5. The molecule has 24 heavy (non-hydrogen) atoms. The van der Waals surface area contributed by atoms with Crippen molar-refractivity contribution in [3.63, 3.8) is 0 Å². The Hall–Kier alpha value is -1.86. The zero-order chi connectivity index (χ0) is 16.8. The lowest BCUT2D eigenvalue weighted by Gasteiger charge is -2.33. The Bertz CT molecular complexity index is 571. The first-order valence-corrected chi connectivity index (χ1v) is 7.80. The summed E-state index contributed by atoms with van der Waals surface area (Å²) in [5.41, 5.74) is 6.03. The summed E-state index contributed by atoms with van der Waals surface area (Å²) >= 11 is 0. The van der Waals surface area contributed by atoms with Crippen LogP contribution in [0.25, 0.3) is 0 Å². The summed E-state index contributed by atoms with van der Waals surface area (Å²) in [6.07, 6.45) is 1.85. The van der Waals surface area contributed by atoms with Gasteiger partial charge in [0.2, 0.25) is 5.91 Å². The number of likely N-dealkylation sites (tertiary alicyclic amines) is 1. The number of hydrogen-bond acceptors (Lipinski definition) is 3.